The molecule has 0 amide bonds. The summed E-state index contributed by atoms with van der Waals surface area (Å²) in [5.74, 6) is 0. The molecule has 0 aliphatic carbocycles. The van der Waals surface area contributed by atoms with E-state index in [0.29, 0.717) is 0 Å². The highest BCUT2D eigenvalue weighted by Crippen LogP contribution is 2.31. The standard InChI is InChI=1S/C20H22N4/c1-3-24(4-2)16-11-9-15(10-12-16)22-23-20-14-13-19(21)17-7-5-6-8-18(17)20/h5-14H,3-4,21H2,1-2H3. The van der Waals surface area contributed by atoms with Crippen LogP contribution in [0.4, 0.5) is 22.7 Å². The highest BCUT2D eigenvalue weighted by molar-refractivity contribution is 5.99. The minimum Gasteiger partial charge on any atom is -0.398 e. The summed E-state index contributed by atoms with van der Waals surface area (Å²) in [6, 6.07) is 19.9. The molecular weight excluding hydrogens is 296 g/mol. The number of hydrogen-bond donors (Lipinski definition) is 1. The first-order valence-corrected chi connectivity index (χ1v) is 8.27. The molecule has 0 saturated heterocycles. The molecule has 3 aromatic rings. The van der Waals surface area contributed by atoms with Crippen molar-refractivity contribution in [3.05, 3.63) is 60.7 Å². The molecule has 3 rings (SSSR count). The number of hydrogen-bond acceptors (Lipinski definition) is 4. The van der Waals surface area contributed by atoms with Gasteiger partial charge in [0.15, 0.2) is 0 Å². The van der Waals surface area contributed by atoms with Crippen molar-refractivity contribution in [2.24, 2.45) is 10.2 Å². The van der Waals surface area contributed by atoms with Gasteiger partial charge in [0, 0.05) is 35.2 Å². The third-order valence-corrected chi connectivity index (χ3v) is 4.19. The second-order valence-corrected chi connectivity index (χ2v) is 5.61. The van der Waals surface area contributed by atoms with Crippen molar-refractivity contribution in [2.45, 2.75) is 13.8 Å². The van der Waals surface area contributed by atoms with E-state index in [0.717, 1.165) is 40.9 Å². The highest BCUT2D eigenvalue weighted by atomic mass is 15.1. The fraction of sp³-hybridized carbons (Fsp3) is 0.200. The van der Waals surface area contributed by atoms with Gasteiger partial charge in [-0.3, -0.25) is 0 Å². The predicted molar refractivity (Wildman–Crippen MR) is 103 cm³/mol. The first-order valence-electron chi connectivity index (χ1n) is 8.27. The number of rotatable bonds is 5. The molecule has 0 aromatic heterocycles. The third-order valence-electron chi connectivity index (χ3n) is 4.19. The number of fused-ring (bicyclic) bond motifs is 1. The molecule has 0 atom stereocenters. The van der Waals surface area contributed by atoms with Crippen LogP contribution in [-0.2, 0) is 0 Å². The Labute approximate surface area is 142 Å². The van der Waals surface area contributed by atoms with Gasteiger partial charge < -0.3 is 10.6 Å². The summed E-state index contributed by atoms with van der Waals surface area (Å²) in [5.41, 5.74) is 9.66. The van der Waals surface area contributed by atoms with Crippen molar-refractivity contribution in [1.29, 1.82) is 0 Å². The molecule has 0 bridgehead atoms. The van der Waals surface area contributed by atoms with E-state index < -0.39 is 0 Å². The molecule has 2 N–H and O–H groups in total. The summed E-state index contributed by atoms with van der Waals surface area (Å²) >= 11 is 0. The molecule has 122 valence electrons. The zero-order valence-corrected chi connectivity index (χ0v) is 14.1. The van der Waals surface area contributed by atoms with Crippen LogP contribution in [0.2, 0.25) is 0 Å². The van der Waals surface area contributed by atoms with Crippen molar-refractivity contribution in [1.82, 2.24) is 0 Å². The van der Waals surface area contributed by atoms with Gasteiger partial charge in [-0.2, -0.15) is 5.11 Å². The van der Waals surface area contributed by atoms with Gasteiger partial charge in [0.05, 0.1) is 11.4 Å². The van der Waals surface area contributed by atoms with Crippen LogP contribution in [0, 0.1) is 0 Å². The molecular formula is C20H22N4. The van der Waals surface area contributed by atoms with E-state index in [-0.39, 0.29) is 0 Å². The molecule has 4 heteroatoms. The molecule has 0 fully saturated rings. The summed E-state index contributed by atoms with van der Waals surface area (Å²) in [5, 5.41) is 10.8. The predicted octanol–water partition coefficient (Wildman–Crippen LogP) is 5.68. The van der Waals surface area contributed by atoms with Crippen LogP contribution in [0.1, 0.15) is 13.8 Å². The van der Waals surface area contributed by atoms with E-state index in [1.54, 1.807) is 0 Å². The van der Waals surface area contributed by atoms with Gasteiger partial charge in [0.1, 0.15) is 0 Å². The summed E-state index contributed by atoms with van der Waals surface area (Å²) in [6.07, 6.45) is 0. The Morgan fingerprint density at radius 1 is 0.792 bits per heavy atom. The van der Waals surface area contributed by atoms with Crippen LogP contribution in [0.15, 0.2) is 70.9 Å². The van der Waals surface area contributed by atoms with Crippen LogP contribution in [-0.4, -0.2) is 13.1 Å². The normalized spacial score (nSPS) is 11.2. The number of nitrogen functional groups attached to an aromatic ring is 1. The lowest BCUT2D eigenvalue weighted by molar-refractivity contribution is 0.866. The van der Waals surface area contributed by atoms with Gasteiger partial charge in [-0.05, 0) is 50.2 Å². The molecule has 0 aliphatic heterocycles. The van der Waals surface area contributed by atoms with Crippen molar-refractivity contribution in [3.63, 3.8) is 0 Å². The molecule has 24 heavy (non-hydrogen) atoms. The van der Waals surface area contributed by atoms with E-state index in [4.69, 9.17) is 5.73 Å². The number of benzene rings is 3. The van der Waals surface area contributed by atoms with E-state index in [9.17, 15) is 0 Å². The molecule has 0 radical (unpaired) electrons. The van der Waals surface area contributed by atoms with Crippen LogP contribution < -0.4 is 10.6 Å². The van der Waals surface area contributed by atoms with Crippen LogP contribution >= 0.6 is 0 Å². The fourth-order valence-electron chi connectivity index (χ4n) is 2.82. The fourth-order valence-corrected chi connectivity index (χ4v) is 2.82. The number of nitrogens with zero attached hydrogens (tertiary/aromatic N) is 3. The third kappa shape index (κ3) is 3.23. The monoisotopic (exact) mass is 318 g/mol. The first-order chi connectivity index (χ1) is 11.7. The van der Waals surface area contributed by atoms with Gasteiger partial charge >= 0.3 is 0 Å². The summed E-state index contributed by atoms with van der Waals surface area (Å²) in [7, 11) is 0. The van der Waals surface area contributed by atoms with Gasteiger partial charge in [-0.25, -0.2) is 0 Å². The average molecular weight is 318 g/mol. The summed E-state index contributed by atoms with van der Waals surface area (Å²) in [6.45, 7) is 6.30. The second kappa shape index (κ2) is 7.13. The molecule has 0 saturated carbocycles. The van der Waals surface area contributed by atoms with Crippen molar-refractivity contribution < 1.29 is 0 Å². The molecule has 0 spiro atoms. The number of azo groups is 1. The molecule has 3 aromatic carbocycles. The molecule has 0 unspecified atom stereocenters. The zero-order chi connectivity index (χ0) is 16.9. The van der Waals surface area contributed by atoms with Gasteiger partial charge in [-0.15, -0.1) is 5.11 Å². The Balaban J connectivity index is 1.88. The lowest BCUT2D eigenvalue weighted by Gasteiger charge is -2.20. The first kappa shape index (κ1) is 16.0. The largest absolute Gasteiger partial charge is 0.398 e. The Morgan fingerprint density at radius 2 is 1.46 bits per heavy atom. The molecule has 4 nitrogen and oxygen atoms in total. The SMILES string of the molecule is CCN(CC)c1ccc(N=Nc2ccc(N)c3ccccc23)cc1. The highest BCUT2D eigenvalue weighted by Gasteiger charge is 2.03. The van der Waals surface area contributed by atoms with Gasteiger partial charge in [0.25, 0.3) is 0 Å². The quantitative estimate of drug-likeness (QED) is 0.486. The minimum absolute atomic E-state index is 0.758. The smallest absolute Gasteiger partial charge is 0.0936 e. The Hall–Kier alpha value is -2.88. The van der Waals surface area contributed by atoms with Crippen LogP contribution in [0.25, 0.3) is 10.8 Å². The zero-order valence-electron chi connectivity index (χ0n) is 14.1. The minimum atomic E-state index is 0.758. The Morgan fingerprint density at radius 3 is 2.12 bits per heavy atom. The average Bonchev–Trinajstić information content (AvgIpc) is 2.63. The topological polar surface area (TPSA) is 54.0 Å². The molecule has 0 heterocycles. The van der Waals surface area contributed by atoms with Gasteiger partial charge in [-0.1, -0.05) is 24.3 Å². The van der Waals surface area contributed by atoms with E-state index >= 15 is 0 Å². The van der Waals surface area contributed by atoms with E-state index in [1.165, 1.54) is 5.69 Å². The summed E-state index contributed by atoms with van der Waals surface area (Å²) in [4.78, 5) is 2.30. The Kier molecular flexibility index (Phi) is 4.75. The second-order valence-electron chi connectivity index (χ2n) is 5.61. The summed E-state index contributed by atoms with van der Waals surface area (Å²) < 4.78 is 0. The van der Waals surface area contributed by atoms with Crippen molar-refractivity contribution in [3.8, 4) is 0 Å². The maximum Gasteiger partial charge on any atom is 0.0936 e. The lowest BCUT2D eigenvalue weighted by Crippen LogP contribution is -2.21. The maximum absolute atomic E-state index is 6.03. The van der Waals surface area contributed by atoms with Crippen molar-refractivity contribution in [2.75, 3.05) is 23.7 Å². The molecule has 0 aliphatic rings. The van der Waals surface area contributed by atoms with Crippen molar-refractivity contribution >= 4 is 33.5 Å². The Bertz CT molecular complexity index is 849. The van der Waals surface area contributed by atoms with Crippen LogP contribution in [0.3, 0.4) is 0 Å². The number of anilines is 2. The van der Waals surface area contributed by atoms with Gasteiger partial charge in [0.2, 0.25) is 0 Å². The number of nitrogens with two attached hydrogens (primary N) is 1. The van der Waals surface area contributed by atoms with E-state index in [1.807, 2.05) is 48.5 Å². The maximum atomic E-state index is 6.03. The lowest BCUT2D eigenvalue weighted by atomic mass is 10.1. The van der Waals surface area contributed by atoms with E-state index in [2.05, 4.69) is 41.1 Å². The van der Waals surface area contributed by atoms with Crippen LogP contribution in [0.5, 0.6) is 0 Å².